The fourth-order valence-corrected chi connectivity index (χ4v) is 5.75. The SMILES string of the molecule is COc1ccc(N2C(=O)CCC2=O)cc1S(=O)(=O)N1c2ccccc2CC1C. The molecule has 1 saturated heterocycles. The third kappa shape index (κ3) is 2.75. The molecule has 0 saturated carbocycles. The molecule has 2 aromatic rings. The third-order valence-corrected chi connectivity index (χ3v) is 7.09. The summed E-state index contributed by atoms with van der Waals surface area (Å²) in [5.41, 5.74) is 1.83. The molecule has 0 spiro atoms. The lowest BCUT2D eigenvalue weighted by atomic mass is 10.1. The molecular weight excluding hydrogens is 380 g/mol. The smallest absolute Gasteiger partial charge is 0.268 e. The Morgan fingerprint density at radius 3 is 2.39 bits per heavy atom. The first-order valence-electron chi connectivity index (χ1n) is 9.00. The van der Waals surface area contributed by atoms with Crippen LogP contribution in [0.4, 0.5) is 11.4 Å². The number of amides is 2. The largest absolute Gasteiger partial charge is 0.495 e. The molecule has 0 N–H and O–H groups in total. The molecule has 0 bridgehead atoms. The minimum Gasteiger partial charge on any atom is -0.495 e. The lowest BCUT2D eigenvalue weighted by molar-refractivity contribution is -0.121. The van der Waals surface area contributed by atoms with Gasteiger partial charge in [-0.15, -0.1) is 0 Å². The van der Waals surface area contributed by atoms with Crippen molar-refractivity contribution in [3.05, 3.63) is 48.0 Å². The Balaban J connectivity index is 1.85. The summed E-state index contributed by atoms with van der Waals surface area (Å²) in [5, 5.41) is 0. The van der Waals surface area contributed by atoms with Crippen LogP contribution in [0, 0.1) is 0 Å². The highest BCUT2D eigenvalue weighted by Gasteiger charge is 2.38. The summed E-state index contributed by atoms with van der Waals surface area (Å²) in [6.45, 7) is 1.85. The average Bonchev–Trinajstić information content (AvgIpc) is 3.19. The molecule has 8 heteroatoms. The molecule has 1 atom stereocenters. The van der Waals surface area contributed by atoms with Crippen LogP contribution in [0.5, 0.6) is 5.75 Å². The number of ether oxygens (including phenoxy) is 1. The molecule has 28 heavy (non-hydrogen) atoms. The van der Waals surface area contributed by atoms with Gasteiger partial charge in [0.2, 0.25) is 11.8 Å². The van der Waals surface area contributed by atoms with Crippen molar-refractivity contribution in [3.8, 4) is 5.75 Å². The number of fused-ring (bicyclic) bond motifs is 1. The van der Waals surface area contributed by atoms with E-state index in [1.807, 2.05) is 19.1 Å². The second-order valence-electron chi connectivity index (χ2n) is 6.94. The molecule has 2 heterocycles. The second-order valence-corrected chi connectivity index (χ2v) is 8.72. The first kappa shape index (κ1) is 18.5. The zero-order valence-electron chi connectivity index (χ0n) is 15.6. The molecule has 2 aliphatic heterocycles. The van der Waals surface area contributed by atoms with E-state index in [9.17, 15) is 18.0 Å². The van der Waals surface area contributed by atoms with E-state index in [-0.39, 0.29) is 47.0 Å². The average molecular weight is 400 g/mol. The molecule has 7 nitrogen and oxygen atoms in total. The minimum atomic E-state index is -3.97. The molecule has 0 aliphatic carbocycles. The van der Waals surface area contributed by atoms with E-state index in [0.29, 0.717) is 12.1 Å². The summed E-state index contributed by atoms with van der Waals surface area (Å²) in [7, 11) is -2.58. The second kappa shape index (κ2) is 6.63. The van der Waals surface area contributed by atoms with Gasteiger partial charge in [0.25, 0.3) is 10.0 Å². The van der Waals surface area contributed by atoms with Crippen LogP contribution in [0.2, 0.25) is 0 Å². The predicted molar refractivity (Wildman–Crippen MR) is 104 cm³/mol. The number of sulfonamides is 1. The molecule has 1 fully saturated rings. The first-order chi connectivity index (χ1) is 13.3. The highest BCUT2D eigenvalue weighted by Crippen LogP contribution is 2.40. The number of imide groups is 1. The van der Waals surface area contributed by atoms with Crippen LogP contribution in [0.1, 0.15) is 25.3 Å². The van der Waals surface area contributed by atoms with E-state index in [2.05, 4.69) is 0 Å². The number of hydrogen-bond acceptors (Lipinski definition) is 5. The number of para-hydroxylation sites is 1. The van der Waals surface area contributed by atoms with E-state index in [1.54, 1.807) is 12.1 Å². The summed E-state index contributed by atoms with van der Waals surface area (Å²) < 4.78 is 33.8. The van der Waals surface area contributed by atoms with Crippen LogP contribution in [-0.4, -0.2) is 33.4 Å². The lowest BCUT2D eigenvalue weighted by Gasteiger charge is -2.26. The van der Waals surface area contributed by atoms with Gasteiger partial charge in [0, 0.05) is 18.9 Å². The standard InChI is InChI=1S/C20H20N2O5S/c1-13-11-14-5-3-4-6-16(14)22(13)28(25,26)18-12-15(7-8-17(18)27-2)21-19(23)9-10-20(21)24/h3-8,12-13H,9-11H2,1-2H3. The van der Waals surface area contributed by atoms with Crippen LogP contribution >= 0.6 is 0 Å². The van der Waals surface area contributed by atoms with Crippen molar-refractivity contribution in [2.75, 3.05) is 16.3 Å². The number of methoxy groups -OCH3 is 1. The Bertz CT molecular complexity index is 1060. The number of carbonyl (C=O) groups is 2. The van der Waals surface area contributed by atoms with Gasteiger partial charge in [-0.1, -0.05) is 18.2 Å². The molecule has 146 valence electrons. The Morgan fingerprint density at radius 1 is 1.04 bits per heavy atom. The highest BCUT2D eigenvalue weighted by atomic mass is 32.2. The summed E-state index contributed by atoms with van der Waals surface area (Å²) in [6.07, 6.45) is 0.869. The molecular formula is C20H20N2O5S. The van der Waals surface area contributed by atoms with Crippen LogP contribution in [-0.2, 0) is 26.0 Å². The zero-order valence-corrected chi connectivity index (χ0v) is 16.4. The fourth-order valence-electron chi connectivity index (χ4n) is 3.88. The van der Waals surface area contributed by atoms with Crippen molar-refractivity contribution in [3.63, 3.8) is 0 Å². The summed E-state index contributed by atoms with van der Waals surface area (Å²) >= 11 is 0. The number of nitrogens with zero attached hydrogens (tertiary/aromatic N) is 2. The number of anilines is 2. The summed E-state index contributed by atoms with van der Waals surface area (Å²) in [6, 6.07) is 11.5. The minimum absolute atomic E-state index is 0.0662. The number of hydrogen-bond donors (Lipinski definition) is 0. The number of carbonyl (C=O) groups excluding carboxylic acids is 2. The van der Waals surface area contributed by atoms with Crippen molar-refractivity contribution in [2.24, 2.45) is 0 Å². The molecule has 2 aliphatic rings. The highest BCUT2D eigenvalue weighted by molar-refractivity contribution is 7.93. The van der Waals surface area contributed by atoms with Gasteiger partial charge < -0.3 is 4.74 Å². The number of benzene rings is 2. The van der Waals surface area contributed by atoms with E-state index in [1.165, 1.54) is 29.6 Å². The van der Waals surface area contributed by atoms with Gasteiger partial charge in [-0.2, -0.15) is 0 Å². The molecule has 1 unspecified atom stereocenters. The van der Waals surface area contributed by atoms with Crippen molar-refractivity contribution >= 4 is 33.2 Å². The molecule has 4 rings (SSSR count). The zero-order chi connectivity index (χ0) is 20.1. The Labute approximate surface area is 163 Å². The maximum absolute atomic E-state index is 13.6. The van der Waals surface area contributed by atoms with Gasteiger partial charge in [-0.05, 0) is 43.2 Å². The maximum atomic E-state index is 13.6. The van der Waals surface area contributed by atoms with Gasteiger partial charge in [0.15, 0.2) is 0 Å². The van der Waals surface area contributed by atoms with Crippen LogP contribution in [0.25, 0.3) is 0 Å². The van der Waals surface area contributed by atoms with Crippen LogP contribution in [0.15, 0.2) is 47.4 Å². The summed E-state index contributed by atoms with van der Waals surface area (Å²) in [5.74, 6) is -0.503. The Kier molecular flexibility index (Phi) is 4.38. The van der Waals surface area contributed by atoms with Gasteiger partial charge in [0.05, 0.1) is 18.5 Å². The maximum Gasteiger partial charge on any atom is 0.268 e. The monoisotopic (exact) mass is 400 g/mol. The third-order valence-electron chi connectivity index (χ3n) is 5.14. The van der Waals surface area contributed by atoms with Gasteiger partial charge in [0.1, 0.15) is 10.6 Å². The first-order valence-corrected chi connectivity index (χ1v) is 10.4. The van der Waals surface area contributed by atoms with Crippen molar-refractivity contribution < 1.29 is 22.7 Å². The van der Waals surface area contributed by atoms with E-state index in [4.69, 9.17) is 4.74 Å². The van der Waals surface area contributed by atoms with Crippen molar-refractivity contribution in [1.82, 2.24) is 0 Å². The predicted octanol–water partition coefficient (Wildman–Crippen LogP) is 2.49. The topological polar surface area (TPSA) is 84.0 Å². The van der Waals surface area contributed by atoms with E-state index < -0.39 is 10.0 Å². The fraction of sp³-hybridized carbons (Fsp3) is 0.300. The van der Waals surface area contributed by atoms with Crippen LogP contribution < -0.4 is 13.9 Å². The van der Waals surface area contributed by atoms with Crippen molar-refractivity contribution in [2.45, 2.75) is 37.1 Å². The lowest BCUT2D eigenvalue weighted by Crippen LogP contribution is -2.36. The molecule has 0 aromatic heterocycles. The Morgan fingerprint density at radius 2 is 1.71 bits per heavy atom. The van der Waals surface area contributed by atoms with Crippen LogP contribution in [0.3, 0.4) is 0 Å². The molecule has 2 aromatic carbocycles. The molecule has 0 radical (unpaired) electrons. The van der Waals surface area contributed by atoms with Crippen molar-refractivity contribution in [1.29, 1.82) is 0 Å². The van der Waals surface area contributed by atoms with E-state index in [0.717, 1.165) is 10.5 Å². The number of rotatable bonds is 4. The quantitative estimate of drug-likeness (QED) is 0.737. The van der Waals surface area contributed by atoms with Gasteiger partial charge >= 0.3 is 0 Å². The van der Waals surface area contributed by atoms with Gasteiger partial charge in [-0.25, -0.2) is 8.42 Å². The van der Waals surface area contributed by atoms with Gasteiger partial charge in [-0.3, -0.25) is 18.8 Å². The van der Waals surface area contributed by atoms with E-state index >= 15 is 0 Å². The molecule has 2 amide bonds. The summed E-state index contributed by atoms with van der Waals surface area (Å²) in [4.78, 5) is 25.1. The normalized spacial score (nSPS) is 19.3. The Hall–Kier alpha value is -2.87.